The van der Waals surface area contributed by atoms with Gasteiger partial charge in [0.1, 0.15) is 4.88 Å². The lowest BCUT2D eigenvalue weighted by atomic mass is 10.0. The van der Waals surface area contributed by atoms with Crippen molar-refractivity contribution < 1.29 is 32.6 Å². The molecular weight excluding hydrogens is 427 g/mol. The zero-order valence-corrected chi connectivity index (χ0v) is 17.1. The molecule has 0 aromatic carbocycles. The highest BCUT2D eigenvalue weighted by Crippen LogP contribution is 2.31. The standard InChI is InChI=1S/C17H20F3N5O4S/c1-7-11(15(27)28)30-16(22-7)25-5-4-9(10(6-25)29-3)23-14(26)13-21-8(2)12(24-13)17(18,19)20/h9-10H,4-6H2,1-3H3,(H,21,24)(H,23,26)(H,27,28). The Morgan fingerprint density at radius 2 is 2.03 bits per heavy atom. The van der Waals surface area contributed by atoms with Gasteiger partial charge in [0.2, 0.25) is 0 Å². The van der Waals surface area contributed by atoms with E-state index in [1.165, 1.54) is 14.0 Å². The van der Waals surface area contributed by atoms with Crippen molar-refractivity contribution in [3.8, 4) is 0 Å². The van der Waals surface area contributed by atoms with Crippen LogP contribution < -0.4 is 10.2 Å². The molecule has 1 aliphatic rings. The first-order valence-electron chi connectivity index (χ1n) is 8.94. The summed E-state index contributed by atoms with van der Waals surface area (Å²) in [5.41, 5.74) is -0.946. The molecule has 1 amide bonds. The number of carboxylic acid groups (broad SMARTS) is 1. The minimum atomic E-state index is -4.65. The number of aromatic amines is 1. The quantitative estimate of drug-likeness (QED) is 0.643. The summed E-state index contributed by atoms with van der Waals surface area (Å²) in [6.07, 6.45) is -4.70. The number of nitrogens with one attached hydrogen (secondary N) is 2. The predicted octanol–water partition coefficient (Wildman–Crippen LogP) is 2.22. The highest BCUT2D eigenvalue weighted by atomic mass is 32.1. The number of rotatable bonds is 5. The van der Waals surface area contributed by atoms with Crippen LogP contribution in [0, 0.1) is 13.8 Å². The number of aromatic carboxylic acids is 1. The van der Waals surface area contributed by atoms with Gasteiger partial charge in [-0.25, -0.2) is 14.8 Å². The van der Waals surface area contributed by atoms with Gasteiger partial charge in [0.05, 0.1) is 17.8 Å². The van der Waals surface area contributed by atoms with Crippen LogP contribution in [0.2, 0.25) is 0 Å². The first kappa shape index (κ1) is 22.0. The van der Waals surface area contributed by atoms with Crippen LogP contribution in [-0.4, -0.2) is 64.3 Å². The van der Waals surface area contributed by atoms with Gasteiger partial charge in [-0.1, -0.05) is 11.3 Å². The molecule has 0 radical (unpaired) electrons. The number of carbonyl (C=O) groups is 2. The van der Waals surface area contributed by atoms with E-state index in [-0.39, 0.29) is 10.6 Å². The van der Waals surface area contributed by atoms with E-state index in [0.717, 1.165) is 11.3 Å². The molecule has 1 saturated heterocycles. The number of amides is 1. The third kappa shape index (κ3) is 4.41. The number of carboxylic acids is 1. The molecule has 0 bridgehead atoms. The third-order valence-corrected chi connectivity index (χ3v) is 6.00. The van der Waals surface area contributed by atoms with Gasteiger partial charge in [-0.05, 0) is 20.3 Å². The molecule has 1 aliphatic heterocycles. The molecule has 1 fully saturated rings. The molecule has 2 unspecified atom stereocenters. The van der Waals surface area contributed by atoms with Crippen LogP contribution >= 0.6 is 11.3 Å². The van der Waals surface area contributed by atoms with Gasteiger partial charge >= 0.3 is 12.1 Å². The third-order valence-electron chi connectivity index (χ3n) is 4.80. The fourth-order valence-electron chi connectivity index (χ4n) is 3.29. The highest BCUT2D eigenvalue weighted by molar-refractivity contribution is 7.17. The summed E-state index contributed by atoms with van der Waals surface area (Å²) < 4.78 is 44.2. The molecule has 30 heavy (non-hydrogen) atoms. The molecule has 2 aromatic heterocycles. The van der Waals surface area contributed by atoms with Gasteiger partial charge in [0.25, 0.3) is 5.91 Å². The molecule has 0 saturated carbocycles. The number of piperidine rings is 1. The van der Waals surface area contributed by atoms with Gasteiger partial charge in [0, 0.05) is 25.9 Å². The van der Waals surface area contributed by atoms with Crippen LogP contribution in [0.15, 0.2) is 0 Å². The van der Waals surface area contributed by atoms with Crippen molar-refractivity contribution in [3.05, 3.63) is 27.8 Å². The van der Waals surface area contributed by atoms with E-state index < -0.39 is 41.7 Å². The van der Waals surface area contributed by atoms with Crippen molar-refractivity contribution in [1.29, 1.82) is 0 Å². The van der Waals surface area contributed by atoms with Crippen molar-refractivity contribution >= 4 is 28.3 Å². The summed E-state index contributed by atoms with van der Waals surface area (Å²) in [5.74, 6) is -2.22. The largest absolute Gasteiger partial charge is 0.477 e. The van der Waals surface area contributed by atoms with E-state index >= 15 is 0 Å². The lowest BCUT2D eigenvalue weighted by Gasteiger charge is -2.37. The first-order chi connectivity index (χ1) is 14.0. The summed E-state index contributed by atoms with van der Waals surface area (Å²) in [6, 6.07) is -0.460. The van der Waals surface area contributed by atoms with Crippen molar-refractivity contribution in [2.45, 2.75) is 38.6 Å². The summed E-state index contributed by atoms with van der Waals surface area (Å²) in [7, 11) is 1.46. The summed E-state index contributed by atoms with van der Waals surface area (Å²) in [4.78, 5) is 35.7. The van der Waals surface area contributed by atoms with Crippen LogP contribution in [0.1, 0.15) is 43.8 Å². The number of anilines is 1. The summed E-state index contributed by atoms with van der Waals surface area (Å²) in [5, 5.41) is 12.4. The summed E-state index contributed by atoms with van der Waals surface area (Å²) in [6.45, 7) is 3.61. The number of methoxy groups -OCH3 is 1. The van der Waals surface area contributed by atoms with E-state index in [1.807, 2.05) is 4.90 Å². The molecule has 3 rings (SSSR count). The zero-order chi connectivity index (χ0) is 22.2. The number of ether oxygens (including phenoxy) is 1. The molecule has 2 aromatic rings. The van der Waals surface area contributed by atoms with Crippen LogP contribution in [0.4, 0.5) is 18.3 Å². The lowest BCUT2D eigenvalue weighted by molar-refractivity contribution is -0.141. The Bertz CT molecular complexity index is 958. The highest BCUT2D eigenvalue weighted by Gasteiger charge is 2.38. The fourth-order valence-corrected chi connectivity index (χ4v) is 4.23. The number of alkyl halides is 3. The van der Waals surface area contributed by atoms with Crippen LogP contribution in [0.25, 0.3) is 0 Å². The Balaban J connectivity index is 1.69. The molecule has 164 valence electrons. The Morgan fingerprint density at radius 1 is 1.33 bits per heavy atom. The normalized spacial score (nSPS) is 19.7. The van der Waals surface area contributed by atoms with Crippen molar-refractivity contribution in [2.75, 3.05) is 25.1 Å². The number of imidazole rings is 1. The van der Waals surface area contributed by atoms with Gasteiger partial charge in [-0.3, -0.25) is 4.79 Å². The number of aromatic nitrogens is 3. The molecule has 3 heterocycles. The SMILES string of the molecule is COC1CN(c2nc(C)c(C(=O)O)s2)CCC1NC(=O)c1nc(C(F)(F)F)c(C)[nH]1. The maximum absolute atomic E-state index is 12.9. The molecule has 9 nitrogen and oxygen atoms in total. The monoisotopic (exact) mass is 447 g/mol. The Kier molecular flexibility index (Phi) is 6.04. The smallest absolute Gasteiger partial charge is 0.435 e. The maximum atomic E-state index is 12.9. The van der Waals surface area contributed by atoms with E-state index in [1.54, 1.807) is 6.92 Å². The first-order valence-corrected chi connectivity index (χ1v) is 9.76. The minimum Gasteiger partial charge on any atom is -0.477 e. The minimum absolute atomic E-state index is 0.156. The number of hydrogen-bond donors (Lipinski definition) is 3. The van der Waals surface area contributed by atoms with Crippen molar-refractivity contribution in [2.24, 2.45) is 0 Å². The van der Waals surface area contributed by atoms with Gasteiger partial charge < -0.3 is 25.0 Å². The van der Waals surface area contributed by atoms with Gasteiger partial charge in [-0.15, -0.1) is 0 Å². The Hall–Kier alpha value is -2.67. The summed E-state index contributed by atoms with van der Waals surface area (Å²) >= 11 is 1.06. The number of carbonyl (C=O) groups excluding carboxylic acids is 1. The van der Waals surface area contributed by atoms with Crippen LogP contribution in [-0.2, 0) is 10.9 Å². The van der Waals surface area contributed by atoms with E-state index in [4.69, 9.17) is 4.74 Å². The van der Waals surface area contributed by atoms with E-state index in [0.29, 0.717) is 30.3 Å². The predicted molar refractivity (Wildman–Crippen MR) is 101 cm³/mol. The van der Waals surface area contributed by atoms with Crippen molar-refractivity contribution in [3.63, 3.8) is 0 Å². The van der Waals surface area contributed by atoms with Crippen molar-refractivity contribution in [1.82, 2.24) is 20.3 Å². The van der Waals surface area contributed by atoms with Gasteiger partial charge in [0.15, 0.2) is 16.6 Å². The fraction of sp³-hybridized carbons (Fsp3) is 0.529. The van der Waals surface area contributed by atoms with E-state index in [9.17, 15) is 27.9 Å². The molecule has 13 heteroatoms. The molecule has 0 aliphatic carbocycles. The second-order valence-corrected chi connectivity index (χ2v) is 7.84. The van der Waals surface area contributed by atoms with Crippen LogP contribution in [0.5, 0.6) is 0 Å². The number of hydrogen-bond acceptors (Lipinski definition) is 7. The number of aryl methyl sites for hydroxylation is 2. The molecule has 3 N–H and O–H groups in total. The second-order valence-electron chi connectivity index (χ2n) is 6.86. The average molecular weight is 447 g/mol. The van der Waals surface area contributed by atoms with E-state index in [2.05, 4.69) is 20.3 Å². The Morgan fingerprint density at radius 3 is 2.57 bits per heavy atom. The maximum Gasteiger partial charge on any atom is 0.435 e. The number of thiazole rings is 1. The number of nitrogens with zero attached hydrogens (tertiary/aromatic N) is 3. The molecule has 0 spiro atoms. The zero-order valence-electron chi connectivity index (χ0n) is 16.3. The second kappa shape index (κ2) is 8.22. The lowest BCUT2D eigenvalue weighted by Crippen LogP contribution is -2.55. The number of halogens is 3. The van der Waals surface area contributed by atoms with Crippen LogP contribution in [0.3, 0.4) is 0 Å². The topological polar surface area (TPSA) is 120 Å². The molecular formula is C17H20F3N5O4S. The number of H-pyrrole nitrogens is 1. The Labute approximate surface area is 173 Å². The van der Waals surface area contributed by atoms with Gasteiger partial charge in [-0.2, -0.15) is 13.2 Å². The molecule has 2 atom stereocenters. The average Bonchev–Trinajstić information content (AvgIpc) is 3.25.